The van der Waals surface area contributed by atoms with Gasteiger partial charge in [-0.3, -0.25) is 0 Å². The topological polar surface area (TPSA) is 65.2 Å². The molecule has 0 bridgehead atoms. The van der Waals surface area contributed by atoms with Crippen molar-refractivity contribution < 1.29 is 13.9 Å². The fourth-order valence-electron chi connectivity index (χ4n) is 1.64. The van der Waals surface area contributed by atoms with Crippen LogP contribution in [-0.4, -0.2) is 16.2 Å². The monoisotopic (exact) mass is 354 g/mol. The molecule has 0 atom stereocenters. The van der Waals surface area contributed by atoms with Crippen LogP contribution in [0.3, 0.4) is 0 Å². The van der Waals surface area contributed by atoms with Crippen LogP contribution in [0.25, 0.3) is 11.5 Å². The molecule has 0 aliphatic carbocycles. The molecular formula is C14H8Cl2N2O3S. The molecule has 8 heteroatoms. The highest BCUT2D eigenvalue weighted by Crippen LogP contribution is 2.23. The maximum atomic E-state index is 11.8. The van der Waals surface area contributed by atoms with Gasteiger partial charge in [0.2, 0.25) is 5.89 Å². The van der Waals surface area contributed by atoms with Gasteiger partial charge in [0, 0.05) is 10.6 Å². The van der Waals surface area contributed by atoms with Crippen LogP contribution < -0.4 is 0 Å². The zero-order valence-electron chi connectivity index (χ0n) is 11.0. The molecule has 0 saturated heterocycles. The maximum absolute atomic E-state index is 11.8. The molecule has 3 rings (SSSR count). The Labute approximate surface area is 139 Å². The molecule has 5 nitrogen and oxygen atoms in total. The molecule has 0 saturated carbocycles. The molecule has 112 valence electrons. The van der Waals surface area contributed by atoms with Crippen molar-refractivity contribution in [2.45, 2.75) is 6.61 Å². The van der Waals surface area contributed by atoms with Crippen LogP contribution in [0.2, 0.25) is 9.36 Å². The first-order chi connectivity index (χ1) is 10.6. The number of nitrogens with zero attached hydrogens (tertiary/aromatic N) is 2. The minimum Gasteiger partial charge on any atom is -0.451 e. The van der Waals surface area contributed by atoms with E-state index in [1.165, 1.54) is 0 Å². The molecule has 22 heavy (non-hydrogen) atoms. The SMILES string of the molecule is O=C(OCc1nnc(-c2ccc(Cl)cc2)o1)c1ccc(Cl)s1. The average molecular weight is 355 g/mol. The second-order valence-electron chi connectivity index (χ2n) is 4.19. The van der Waals surface area contributed by atoms with E-state index in [1.807, 2.05) is 0 Å². The molecule has 2 aromatic heterocycles. The van der Waals surface area contributed by atoms with E-state index < -0.39 is 5.97 Å². The van der Waals surface area contributed by atoms with Gasteiger partial charge in [-0.1, -0.05) is 23.2 Å². The summed E-state index contributed by atoms with van der Waals surface area (Å²) in [6.07, 6.45) is 0. The van der Waals surface area contributed by atoms with Crippen LogP contribution in [0.5, 0.6) is 0 Å². The van der Waals surface area contributed by atoms with Crippen molar-refractivity contribution in [1.29, 1.82) is 0 Å². The number of benzene rings is 1. The molecule has 0 radical (unpaired) electrons. The van der Waals surface area contributed by atoms with Gasteiger partial charge in [-0.2, -0.15) is 0 Å². The molecule has 0 fully saturated rings. The Bertz CT molecular complexity index is 799. The van der Waals surface area contributed by atoms with Gasteiger partial charge in [0.25, 0.3) is 5.89 Å². The Balaban J connectivity index is 1.64. The first-order valence-electron chi connectivity index (χ1n) is 6.12. The standard InChI is InChI=1S/C14H8Cl2N2O3S/c15-9-3-1-8(2-4-9)13-18-17-12(21-13)7-20-14(19)10-5-6-11(16)22-10/h1-6H,7H2. The number of rotatable bonds is 4. The first kappa shape index (κ1) is 15.0. The summed E-state index contributed by atoms with van der Waals surface area (Å²) in [6.45, 7) is -0.102. The summed E-state index contributed by atoms with van der Waals surface area (Å²) in [4.78, 5) is 12.2. The summed E-state index contributed by atoms with van der Waals surface area (Å²) in [7, 11) is 0. The lowest BCUT2D eigenvalue weighted by atomic mass is 10.2. The van der Waals surface area contributed by atoms with Crippen LogP contribution in [0.4, 0.5) is 0 Å². The smallest absolute Gasteiger partial charge is 0.348 e. The number of hydrogen-bond acceptors (Lipinski definition) is 6. The number of esters is 1. The van der Waals surface area contributed by atoms with Crippen LogP contribution in [-0.2, 0) is 11.3 Å². The molecular weight excluding hydrogens is 347 g/mol. The number of carbonyl (C=O) groups is 1. The van der Waals surface area contributed by atoms with Crippen LogP contribution in [0.1, 0.15) is 15.6 Å². The van der Waals surface area contributed by atoms with E-state index in [2.05, 4.69) is 10.2 Å². The van der Waals surface area contributed by atoms with Crippen molar-refractivity contribution >= 4 is 40.5 Å². The number of aromatic nitrogens is 2. The maximum Gasteiger partial charge on any atom is 0.348 e. The summed E-state index contributed by atoms with van der Waals surface area (Å²) in [6, 6.07) is 10.2. The van der Waals surface area contributed by atoms with E-state index >= 15 is 0 Å². The van der Waals surface area contributed by atoms with Crippen molar-refractivity contribution in [2.75, 3.05) is 0 Å². The average Bonchev–Trinajstić information content (AvgIpc) is 3.15. The van der Waals surface area contributed by atoms with Gasteiger partial charge in [0.05, 0.1) is 4.34 Å². The third kappa shape index (κ3) is 3.47. The lowest BCUT2D eigenvalue weighted by molar-refractivity contribution is 0.0444. The van der Waals surface area contributed by atoms with E-state index in [1.54, 1.807) is 36.4 Å². The molecule has 3 aromatic rings. The number of halogens is 2. The second kappa shape index (κ2) is 6.48. The Morgan fingerprint density at radius 1 is 1.14 bits per heavy atom. The number of carbonyl (C=O) groups excluding carboxylic acids is 1. The zero-order valence-corrected chi connectivity index (χ0v) is 13.3. The summed E-state index contributed by atoms with van der Waals surface area (Å²) in [5.74, 6) is 0.0611. The third-order valence-electron chi connectivity index (χ3n) is 2.66. The van der Waals surface area contributed by atoms with E-state index in [0.717, 1.165) is 16.9 Å². The molecule has 0 N–H and O–H groups in total. The van der Waals surface area contributed by atoms with Gasteiger partial charge in [-0.05, 0) is 36.4 Å². The summed E-state index contributed by atoms with van der Waals surface area (Å²) < 4.78 is 11.1. The van der Waals surface area contributed by atoms with Crippen molar-refractivity contribution in [3.8, 4) is 11.5 Å². The lowest BCUT2D eigenvalue weighted by Gasteiger charge is -1.98. The highest BCUT2D eigenvalue weighted by Gasteiger charge is 2.13. The quantitative estimate of drug-likeness (QED) is 0.647. The first-order valence-corrected chi connectivity index (χ1v) is 7.70. The fraction of sp³-hybridized carbons (Fsp3) is 0.0714. The van der Waals surface area contributed by atoms with E-state index in [0.29, 0.717) is 20.1 Å². The van der Waals surface area contributed by atoms with Crippen molar-refractivity contribution in [3.05, 3.63) is 56.5 Å². The largest absolute Gasteiger partial charge is 0.451 e. The van der Waals surface area contributed by atoms with Crippen molar-refractivity contribution in [3.63, 3.8) is 0 Å². The Hall–Kier alpha value is -1.89. The zero-order chi connectivity index (χ0) is 15.5. The lowest BCUT2D eigenvalue weighted by Crippen LogP contribution is -2.03. The minimum absolute atomic E-state index is 0.102. The van der Waals surface area contributed by atoms with Gasteiger partial charge in [0.15, 0.2) is 6.61 Å². The van der Waals surface area contributed by atoms with Crippen LogP contribution >= 0.6 is 34.5 Å². The third-order valence-corrected chi connectivity index (χ3v) is 4.12. The summed E-state index contributed by atoms with van der Waals surface area (Å²) in [5.41, 5.74) is 0.736. The van der Waals surface area contributed by atoms with Crippen LogP contribution in [0.15, 0.2) is 40.8 Å². The highest BCUT2D eigenvalue weighted by molar-refractivity contribution is 7.17. The molecule has 0 amide bonds. The number of ether oxygens (including phenoxy) is 1. The number of thiophene rings is 1. The Kier molecular flexibility index (Phi) is 4.42. The van der Waals surface area contributed by atoms with Crippen molar-refractivity contribution in [1.82, 2.24) is 10.2 Å². The van der Waals surface area contributed by atoms with E-state index in [-0.39, 0.29) is 12.5 Å². The highest BCUT2D eigenvalue weighted by atomic mass is 35.5. The normalized spacial score (nSPS) is 10.6. The molecule has 0 spiro atoms. The summed E-state index contributed by atoms with van der Waals surface area (Å²) in [5, 5.41) is 8.36. The minimum atomic E-state index is -0.483. The predicted octanol–water partition coefficient (Wildman–Crippen LogP) is 4.46. The Morgan fingerprint density at radius 2 is 1.91 bits per heavy atom. The van der Waals surface area contributed by atoms with Gasteiger partial charge < -0.3 is 9.15 Å². The van der Waals surface area contributed by atoms with Crippen LogP contribution in [0, 0.1) is 0 Å². The second-order valence-corrected chi connectivity index (χ2v) is 6.34. The van der Waals surface area contributed by atoms with Gasteiger partial charge in [-0.25, -0.2) is 4.79 Å². The van der Waals surface area contributed by atoms with E-state index in [4.69, 9.17) is 32.4 Å². The molecule has 2 heterocycles. The van der Waals surface area contributed by atoms with Crippen molar-refractivity contribution in [2.24, 2.45) is 0 Å². The van der Waals surface area contributed by atoms with E-state index in [9.17, 15) is 4.79 Å². The van der Waals surface area contributed by atoms with Gasteiger partial charge >= 0.3 is 5.97 Å². The summed E-state index contributed by atoms with van der Waals surface area (Å²) >= 11 is 12.7. The molecule has 0 aliphatic heterocycles. The molecule has 0 aliphatic rings. The Morgan fingerprint density at radius 3 is 2.59 bits per heavy atom. The predicted molar refractivity (Wildman–Crippen MR) is 83.2 cm³/mol. The van der Waals surface area contributed by atoms with Gasteiger partial charge in [0.1, 0.15) is 4.88 Å². The molecule has 0 unspecified atom stereocenters. The fourth-order valence-corrected chi connectivity index (χ4v) is 2.71. The molecule has 1 aromatic carbocycles. The van der Waals surface area contributed by atoms with Gasteiger partial charge in [-0.15, -0.1) is 21.5 Å². The number of hydrogen-bond donors (Lipinski definition) is 0.